The van der Waals surface area contributed by atoms with Gasteiger partial charge in [-0.2, -0.15) is 0 Å². The SMILES string of the molecule is CCC(CC1CC1)n1nnnc1CNCCOC. The van der Waals surface area contributed by atoms with Crippen LogP contribution in [0.4, 0.5) is 0 Å². The maximum Gasteiger partial charge on any atom is 0.165 e. The number of hydrogen-bond acceptors (Lipinski definition) is 5. The lowest BCUT2D eigenvalue weighted by Gasteiger charge is -2.16. The largest absolute Gasteiger partial charge is 0.383 e. The van der Waals surface area contributed by atoms with Gasteiger partial charge in [0.05, 0.1) is 19.2 Å². The lowest BCUT2D eigenvalue weighted by atomic mass is 10.1. The second-order valence-corrected chi connectivity index (χ2v) is 4.95. The summed E-state index contributed by atoms with van der Waals surface area (Å²) in [6, 6.07) is 0.451. The second-order valence-electron chi connectivity index (χ2n) is 4.95. The van der Waals surface area contributed by atoms with Crippen LogP contribution in [0, 0.1) is 5.92 Å². The van der Waals surface area contributed by atoms with Crippen molar-refractivity contribution in [1.29, 1.82) is 0 Å². The zero-order valence-electron chi connectivity index (χ0n) is 11.3. The first kappa shape index (κ1) is 13.4. The molecular weight excluding hydrogens is 230 g/mol. The molecule has 1 saturated carbocycles. The monoisotopic (exact) mass is 253 g/mol. The van der Waals surface area contributed by atoms with E-state index in [1.807, 2.05) is 4.68 Å². The normalized spacial score (nSPS) is 17.0. The number of hydrogen-bond donors (Lipinski definition) is 1. The Morgan fingerprint density at radius 1 is 1.50 bits per heavy atom. The van der Waals surface area contributed by atoms with Crippen molar-refractivity contribution in [2.45, 2.75) is 45.2 Å². The Morgan fingerprint density at radius 3 is 3.00 bits per heavy atom. The number of nitrogens with zero attached hydrogens (tertiary/aromatic N) is 4. The van der Waals surface area contributed by atoms with Crippen molar-refractivity contribution in [3.05, 3.63) is 5.82 Å². The van der Waals surface area contributed by atoms with E-state index < -0.39 is 0 Å². The highest BCUT2D eigenvalue weighted by Crippen LogP contribution is 2.37. The average Bonchev–Trinajstić information content (AvgIpc) is 3.09. The molecule has 1 N–H and O–H groups in total. The van der Waals surface area contributed by atoms with Gasteiger partial charge in [0.1, 0.15) is 0 Å². The molecule has 1 aromatic heterocycles. The fourth-order valence-electron chi connectivity index (χ4n) is 2.16. The molecule has 6 heteroatoms. The summed E-state index contributed by atoms with van der Waals surface area (Å²) in [6.07, 6.45) is 5.05. The molecule has 1 atom stereocenters. The van der Waals surface area contributed by atoms with Crippen molar-refractivity contribution < 1.29 is 4.74 Å². The topological polar surface area (TPSA) is 64.9 Å². The van der Waals surface area contributed by atoms with Crippen LogP contribution in [-0.2, 0) is 11.3 Å². The van der Waals surface area contributed by atoms with Crippen molar-refractivity contribution >= 4 is 0 Å². The first-order valence-corrected chi connectivity index (χ1v) is 6.81. The van der Waals surface area contributed by atoms with Gasteiger partial charge in [0.25, 0.3) is 0 Å². The van der Waals surface area contributed by atoms with Gasteiger partial charge in [-0.25, -0.2) is 4.68 Å². The fraction of sp³-hybridized carbons (Fsp3) is 0.917. The van der Waals surface area contributed by atoms with Crippen molar-refractivity contribution in [3.63, 3.8) is 0 Å². The summed E-state index contributed by atoms with van der Waals surface area (Å²) in [7, 11) is 1.70. The van der Waals surface area contributed by atoms with Crippen LogP contribution in [0.3, 0.4) is 0 Å². The Kier molecular flexibility index (Phi) is 5.07. The van der Waals surface area contributed by atoms with Crippen LogP contribution < -0.4 is 5.32 Å². The van der Waals surface area contributed by atoms with E-state index in [1.54, 1.807) is 7.11 Å². The Bertz CT molecular complexity index is 350. The Hall–Kier alpha value is -1.01. The summed E-state index contributed by atoms with van der Waals surface area (Å²) in [4.78, 5) is 0. The molecule has 1 aromatic rings. The summed E-state index contributed by atoms with van der Waals surface area (Å²) < 4.78 is 7.00. The molecule has 1 aliphatic carbocycles. The third-order valence-electron chi connectivity index (χ3n) is 3.45. The van der Waals surface area contributed by atoms with Crippen molar-refractivity contribution in [2.75, 3.05) is 20.3 Å². The van der Waals surface area contributed by atoms with Gasteiger partial charge < -0.3 is 10.1 Å². The third-order valence-corrected chi connectivity index (χ3v) is 3.45. The van der Waals surface area contributed by atoms with Gasteiger partial charge in [0.2, 0.25) is 0 Å². The predicted molar refractivity (Wildman–Crippen MR) is 68.1 cm³/mol. The summed E-state index contributed by atoms with van der Waals surface area (Å²) in [6.45, 7) is 4.44. The molecule has 1 heterocycles. The molecular formula is C12H23N5O. The minimum absolute atomic E-state index is 0.451. The third kappa shape index (κ3) is 3.74. The van der Waals surface area contributed by atoms with Crippen molar-refractivity contribution in [1.82, 2.24) is 25.5 Å². The van der Waals surface area contributed by atoms with Crippen molar-refractivity contribution in [2.24, 2.45) is 5.92 Å². The number of nitrogens with one attached hydrogen (secondary N) is 1. The summed E-state index contributed by atoms with van der Waals surface area (Å²) >= 11 is 0. The molecule has 6 nitrogen and oxygen atoms in total. The first-order valence-electron chi connectivity index (χ1n) is 6.81. The quantitative estimate of drug-likeness (QED) is 0.669. The van der Waals surface area contributed by atoms with Gasteiger partial charge in [-0.3, -0.25) is 0 Å². The van der Waals surface area contributed by atoms with E-state index >= 15 is 0 Å². The molecule has 0 aromatic carbocycles. The van der Waals surface area contributed by atoms with Gasteiger partial charge in [-0.1, -0.05) is 19.8 Å². The second kappa shape index (κ2) is 6.80. The zero-order chi connectivity index (χ0) is 12.8. The van der Waals surface area contributed by atoms with E-state index in [0.717, 1.165) is 24.7 Å². The summed E-state index contributed by atoms with van der Waals surface area (Å²) in [5, 5.41) is 15.4. The molecule has 0 radical (unpaired) electrons. The molecule has 1 unspecified atom stereocenters. The van der Waals surface area contributed by atoms with Crippen LogP contribution in [0.25, 0.3) is 0 Å². The van der Waals surface area contributed by atoms with Crippen LogP contribution in [0.1, 0.15) is 44.5 Å². The molecule has 0 bridgehead atoms. The maximum atomic E-state index is 5.00. The molecule has 102 valence electrons. The van der Waals surface area contributed by atoms with E-state index in [0.29, 0.717) is 19.2 Å². The van der Waals surface area contributed by atoms with Crippen LogP contribution in [0.5, 0.6) is 0 Å². The van der Waals surface area contributed by atoms with Gasteiger partial charge in [-0.05, 0) is 29.2 Å². The fourth-order valence-corrected chi connectivity index (χ4v) is 2.16. The molecule has 18 heavy (non-hydrogen) atoms. The number of aromatic nitrogens is 4. The molecule has 1 aliphatic rings. The van der Waals surface area contributed by atoms with E-state index in [4.69, 9.17) is 4.74 Å². The van der Waals surface area contributed by atoms with E-state index in [-0.39, 0.29) is 0 Å². The minimum Gasteiger partial charge on any atom is -0.383 e. The first-order chi connectivity index (χ1) is 8.85. The summed E-state index contributed by atoms with van der Waals surface area (Å²) in [5.41, 5.74) is 0. The van der Waals surface area contributed by atoms with Gasteiger partial charge in [0, 0.05) is 13.7 Å². The highest BCUT2D eigenvalue weighted by atomic mass is 16.5. The zero-order valence-corrected chi connectivity index (χ0v) is 11.3. The van der Waals surface area contributed by atoms with Crippen LogP contribution in [0.2, 0.25) is 0 Å². The Morgan fingerprint density at radius 2 is 2.33 bits per heavy atom. The molecule has 1 fully saturated rings. The Labute approximate surface area is 108 Å². The number of ether oxygens (including phenoxy) is 1. The smallest absolute Gasteiger partial charge is 0.165 e. The molecule has 0 amide bonds. The number of tetrazole rings is 1. The molecule has 0 aliphatic heterocycles. The lowest BCUT2D eigenvalue weighted by Crippen LogP contribution is -2.23. The average molecular weight is 253 g/mol. The number of rotatable bonds is 9. The van der Waals surface area contributed by atoms with Gasteiger partial charge >= 0.3 is 0 Å². The molecule has 0 saturated heterocycles. The minimum atomic E-state index is 0.451. The Balaban J connectivity index is 1.87. The van der Waals surface area contributed by atoms with Crippen LogP contribution in [-0.4, -0.2) is 40.5 Å². The van der Waals surface area contributed by atoms with Gasteiger partial charge in [-0.15, -0.1) is 5.10 Å². The maximum absolute atomic E-state index is 5.00. The molecule has 0 spiro atoms. The highest BCUT2D eigenvalue weighted by molar-refractivity contribution is 4.86. The van der Waals surface area contributed by atoms with Crippen LogP contribution >= 0.6 is 0 Å². The van der Waals surface area contributed by atoms with E-state index in [2.05, 4.69) is 27.8 Å². The highest BCUT2D eigenvalue weighted by Gasteiger charge is 2.27. The lowest BCUT2D eigenvalue weighted by molar-refractivity contribution is 0.198. The summed E-state index contributed by atoms with van der Waals surface area (Å²) in [5.74, 6) is 1.83. The van der Waals surface area contributed by atoms with E-state index in [1.165, 1.54) is 19.3 Å². The predicted octanol–water partition coefficient (Wildman–Crippen LogP) is 1.16. The molecule has 2 rings (SSSR count). The van der Waals surface area contributed by atoms with Crippen molar-refractivity contribution in [3.8, 4) is 0 Å². The standard InChI is InChI=1S/C12H23N5O/c1-3-11(8-10-4-5-10)17-12(14-15-16-17)9-13-6-7-18-2/h10-11,13H,3-9H2,1-2H3. The van der Waals surface area contributed by atoms with E-state index in [9.17, 15) is 0 Å². The number of methoxy groups -OCH3 is 1. The van der Waals surface area contributed by atoms with Gasteiger partial charge in [0.15, 0.2) is 5.82 Å². The van der Waals surface area contributed by atoms with Crippen LogP contribution in [0.15, 0.2) is 0 Å².